The summed E-state index contributed by atoms with van der Waals surface area (Å²) >= 11 is 1.35. The maximum Gasteiger partial charge on any atom is 0.231 e. The number of carbonyl (C=O) groups excluding carboxylic acids is 1. The van der Waals surface area contributed by atoms with Crippen molar-refractivity contribution in [1.82, 2.24) is 19.7 Å². The van der Waals surface area contributed by atoms with Gasteiger partial charge < -0.3 is 10.7 Å². The van der Waals surface area contributed by atoms with Gasteiger partial charge in [0.25, 0.3) is 0 Å². The predicted molar refractivity (Wildman–Crippen MR) is 113 cm³/mol. The zero-order valence-corrected chi connectivity index (χ0v) is 16.5. The summed E-state index contributed by atoms with van der Waals surface area (Å²) in [5, 5.41) is 10.3. The van der Waals surface area contributed by atoms with Crippen molar-refractivity contribution in [3.63, 3.8) is 0 Å². The fourth-order valence-electron chi connectivity index (χ4n) is 3.25. The Kier molecular flexibility index (Phi) is 4.92. The minimum absolute atomic E-state index is 0.347. The SMILES string of the molecule is CCC(Sc1nnc(-c2c[nH]c3ccccc23)n1-c1cccc(C)c1)C(N)=O. The Labute approximate surface area is 167 Å². The third-order valence-electron chi connectivity index (χ3n) is 4.66. The Balaban J connectivity index is 1.91. The van der Waals surface area contributed by atoms with Crippen molar-refractivity contribution < 1.29 is 4.79 Å². The number of fused-ring (bicyclic) bond motifs is 1. The summed E-state index contributed by atoms with van der Waals surface area (Å²) in [6, 6.07) is 16.2. The first-order valence-electron chi connectivity index (χ1n) is 9.13. The number of nitrogens with zero attached hydrogens (tertiary/aromatic N) is 3. The quantitative estimate of drug-likeness (QED) is 0.485. The van der Waals surface area contributed by atoms with Crippen LogP contribution in [0.3, 0.4) is 0 Å². The van der Waals surface area contributed by atoms with Gasteiger partial charge in [-0.25, -0.2) is 0 Å². The molecule has 7 heteroatoms. The largest absolute Gasteiger partial charge is 0.369 e. The van der Waals surface area contributed by atoms with Gasteiger partial charge in [0, 0.05) is 28.4 Å². The minimum atomic E-state index is -0.358. The van der Waals surface area contributed by atoms with Crippen LogP contribution in [0.1, 0.15) is 18.9 Å². The molecule has 1 atom stereocenters. The fraction of sp³-hybridized carbons (Fsp3) is 0.190. The lowest BCUT2D eigenvalue weighted by Gasteiger charge is -2.13. The highest BCUT2D eigenvalue weighted by Gasteiger charge is 2.23. The summed E-state index contributed by atoms with van der Waals surface area (Å²) in [6.45, 7) is 3.99. The Bertz CT molecular complexity index is 1150. The van der Waals surface area contributed by atoms with E-state index >= 15 is 0 Å². The molecule has 3 N–H and O–H groups in total. The van der Waals surface area contributed by atoms with Crippen LogP contribution in [0.15, 0.2) is 59.9 Å². The number of hydrogen-bond acceptors (Lipinski definition) is 4. The van der Waals surface area contributed by atoms with Crippen molar-refractivity contribution in [2.24, 2.45) is 5.73 Å². The van der Waals surface area contributed by atoms with Crippen LogP contribution in [0.5, 0.6) is 0 Å². The van der Waals surface area contributed by atoms with Gasteiger partial charge in [0.1, 0.15) is 0 Å². The van der Waals surface area contributed by atoms with Crippen LogP contribution in [0.4, 0.5) is 0 Å². The Morgan fingerprint density at radius 3 is 2.79 bits per heavy atom. The van der Waals surface area contributed by atoms with Crippen LogP contribution in [-0.2, 0) is 4.79 Å². The van der Waals surface area contributed by atoms with E-state index in [0.29, 0.717) is 11.6 Å². The van der Waals surface area contributed by atoms with Crippen molar-refractivity contribution in [3.8, 4) is 17.1 Å². The molecule has 2 aromatic heterocycles. The van der Waals surface area contributed by atoms with Crippen molar-refractivity contribution in [3.05, 3.63) is 60.3 Å². The Hall–Kier alpha value is -3.06. The number of benzene rings is 2. The van der Waals surface area contributed by atoms with Gasteiger partial charge in [0.2, 0.25) is 5.91 Å². The summed E-state index contributed by atoms with van der Waals surface area (Å²) in [6.07, 6.45) is 2.57. The van der Waals surface area contributed by atoms with Crippen molar-refractivity contribution in [2.75, 3.05) is 0 Å². The minimum Gasteiger partial charge on any atom is -0.369 e. The number of carbonyl (C=O) groups is 1. The van der Waals surface area contributed by atoms with Gasteiger partial charge in [0.05, 0.1) is 5.25 Å². The molecule has 2 aromatic carbocycles. The molecule has 2 heterocycles. The number of aryl methyl sites for hydroxylation is 1. The molecule has 0 saturated heterocycles. The number of aromatic amines is 1. The van der Waals surface area contributed by atoms with Crippen molar-refractivity contribution in [1.29, 1.82) is 0 Å². The van der Waals surface area contributed by atoms with E-state index in [-0.39, 0.29) is 11.2 Å². The average Bonchev–Trinajstić information content (AvgIpc) is 3.29. The summed E-state index contributed by atoms with van der Waals surface area (Å²) in [5.74, 6) is 0.379. The molecule has 142 valence electrons. The highest BCUT2D eigenvalue weighted by molar-refractivity contribution is 8.00. The second-order valence-corrected chi connectivity index (χ2v) is 7.82. The molecule has 0 radical (unpaired) electrons. The fourth-order valence-corrected chi connectivity index (χ4v) is 4.17. The molecule has 0 saturated carbocycles. The lowest BCUT2D eigenvalue weighted by molar-refractivity contribution is -0.117. The molecule has 4 rings (SSSR count). The first-order chi connectivity index (χ1) is 13.6. The molecule has 0 spiro atoms. The third kappa shape index (κ3) is 3.29. The second-order valence-electron chi connectivity index (χ2n) is 6.65. The maximum absolute atomic E-state index is 11.8. The van der Waals surface area contributed by atoms with Crippen LogP contribution in [-0.4, -0.2) is 30.9 Å². The molecule has 1 amide bonds. The number of amides is 1. The van der Waals surface area contributed by atoms with Crippen molar-refractivity contribution in [2.45, 2.75) is 30.7 Å². The van der Waals surface area contributed by atoms with Gasteiger partial charge in [-0.3, -0.25) is 9.36 Å². The molecule has 6 nitrogen and oxygen atoms in total. The standard InChI is InChI=1S/C21H21N5OS/c1-3-18(19(22)27)28-21-25-24-20(26(21)14-8-6-7-13(2)11-14)16-12-23-17-10-5-4-9-15(16)17/h4-12,18,23H,3H2,1-2H3,(H2,22,27). The summed E-state index contributed by atoms with van der Waals surface area (Å²) in [7, 11) is 0. The molecule has 1 unspecified atom stereocenters. The van der Waals surface area contributed by atoms with Gasteiger partial charge in [0.15, 0.2) is 11.0 Å². The van der Waals surface area contributed by atoms with Crippen LogP contribution in [0, 0.1) is 6.92 Å². The van der Waals surface area contributed by atoms with E-state index < -0.39 is 0 Å². The van der Waals surface area contributed by atoms with E-state index in [4.69, 9.17) is 5.73 Å². The second kappa shape index (κ2) is 7.52. The summed E-state index contributed by atoms with van der Waals surface area (Å²) in [5.41, 5.74) is 9.64. The highest BCUT2D eigenvalue weighted by Crippen LogP contribution is 2.34. The van der Waals surface area contributed by atoms with E-state index in [1.807, 2.05) is 61.0 Å². The molecule has 0 bridgehead atoms. The zero-order chi connectivity index (χ0) is 19.7. The van der Waals surface area contributed by atoms with Gasteiger partial charge in [-0.15, -0.1) is 10.2 Å². The molecule has 0 fully saturated rings. The number of aromatic nitrogens is 4. The average molecular weight is 392 g/mol. The van der Waals surface area contributed by atoms with Crippen LogP contribution >= 0.6 is 11.8 Å². The van der Waals surface area contributed by atoms with E-state index in [1.54, 1.807) is 0 Å². The smallest absolute Gasteiger partial charge is 0.231 e. The third-order valence-corrected chi connectivity index (χ3v) is 5.98. The van der Waals surface area contributed by atoms with E-state index in [9.17, 15) is 4.79 Å². The molecule has 0 aliphatic carbocycles. The number of rotatable bonds is 6. The topological polar surface area (TPSA) is 89.6 Å². The molecule has 0 aliphatic heterocycles. The maximum atomic E-state index is 11.8. The van der Waals surface area contributed by atoms with Crippen molar-refractivity contribution >= 4 is 28.6 Å². The normalized spacial score (nSPS) is 12.4. The number of H-pyrrole nitrogens is 1. The molecule has 4 aromatic rings. The van der Waals surface area contributed by atoms with Gasteiger partial charge in [-0.2, -0.15) is 0 Å². The van der Waals surface area contributed by atoms with Gasteiger partial charge >= 0.3 is 0 Å². The highest BCUT2D eigenvalue weighted by atomic mass is 32.2. The van der Waals surface area contributed by atoms with E-state index in [0.717, 1.165) is 33.5 Å². The van der Waals surface area contributed by atoms with E-state index in [2.05, 4.69) is 27.3 Å². The summed E-state index contributed by atoms with van der Waals surface area (Å²) < 4.78 is 2.00. The lowest BCUT2D eigenvalue weighted by atomic mass is 10.1. The van der Waals surface area contributed by atoms with Crippen LogP contribution in [0.25, 0.3) is 28.0 Å². The molecule has 0 aliphatic rings. The zero-order valence-electron chi connectivity index (χ0n) is 15.7. The van der Waals surface area contributed by atoms with E-state index in [1.165, 1.54) is 11.8 Å². The first kappa shape index (κ1) is 18.3. The van der Waals surface area contributed by atoms with Crippen LogP contribution < -0.4 is 5.73 Å². The molecular weight excluding hydrogens is 370 g/mol. The number of nitrogens with two attached hydrogens (primary N) is 1. The Morgan fingerprint density at radius 1 is 1.21 bits per heavy atom. The summed E-state index contributed by atoms with van der Waals surface area (Å²) in [4.78, 5) is 15.1. The molecule has 28 heavy (non-hydrogen) atoms. The number of para-hydroxylation sites is 1. The number of nitrogens with one attached hydrogen (secondary N) is 1. The number of thioether (sulfide) groups is 1. The van der Waals surface area contributed by atoms with Crippen LogP contribution in [0.2, 0.25) is 0 Å². The molecular formula is C21H21N5OS. The lowest BCUT2D eigenvalue weighted by Crippen LogP contribution is -2.25. The predicted octanol–water partition coefficient (Wildman–Crippen LogP) is 4.08. The number of hydrogen-bond donors (Lipinski definition) is 2. The number of primary amides is 1. The van der Waals surface area contributed by atoms with Gasteiger partial charge in [-0.05, 0) is 37.1 Å². The first-order valence-corrected chi connectivity index (χ1v) is 10.0. The van der Waals surface area contributed by atoms with Gasteiger partial charge in [-0.1, -0.05) is 49.0 Å². The Morgan fingerprint density at radius 2 is 2.04 bits per heavy atom. The monoisotopic (exact) mass is 391 g/mol.